The van der Waals surface area contributed by atoms with Gasteiger partial charge in [0.05, 0.1) is 5.56 Å². The Kier molecular flexibility index (Phi) is 4.49. The second-order valence-corrected chi connectivity index (χ2v) is 5.21. The predicted octanol–water partition coefficient (Wildman–Crippen LogP) is 3.97. The van der Waals surface area contributed by atoms with Gasteiger partial charge in [-0.2, -0.15) is 0 Å². The van der Waals surface area contributed by atoms with Crippen molar-refractivity contribution in [2.24, 2.45) is 0 Å². The molecular formula is C15H12BrF2NO. The fourth-order valence-electron chi connectivity index (χ4n) is 1.74. The second kappa shape index (κ2) is 6.13. The SMILES string of the molecule is Cc1cc(C(=O)NCc2ccccc2Br)c(F)cc1F. The predicted molar refractivity (Wildman–Crippen MR) is 76.4 cm³/mol. The molecule has 0 radical (unpaired) electrons. The van der Waals surface area contributed by atoms with Crippen LogP contribution in [0.1, 0.15) is 21.5 Å². The first-order chi connectivity index (χ1) is 9.49. The molecule has 5 heteroatoms. The van der Waals surface area contributed by atoms with Crippen molar-refractivity contribution in [2.75, 3.05) is 0 Å². The van der Waals surface area contributed by atoms with Crippen molar-refractivity contribution in [2.45, 2.75) is 13.5 Å². The molecule has 104 valence electrons. The van der Waals surface area contributed by atoms with E-state index in [9.17, 15) is 13.6 Å². The van der Waals surface area contributed by atoms with Crippen LogP contribution in [0.5, 0.6) is 0 Å². The standard InChI is InChI=1S/C15H12BrF2NO/c1-9-6-11(14(18)7-13(9)17)15(20)19-8-10-4-2-3-5-12(10)16/h2-7H,8H2,1H3,(H,19,20). The zero-order valence-electron chi connectivity index (χ0n) is 10.7. The number of aryl methyl sites for hydroxylation is 1. The van der Waals surface area contributed by atoms with Crippen molar-refractivity contribution in [3.8, 4) is 0 Å². The van der Waals surface area contributed by atoms with Crippen LogP contribution < -0.4 is 5.32 Å². The molecule has 0 saturated carbocycles. The lowest BCUT2D eigenvalue weighted by Gasteiger charge is -2.09. The molecule has 0 unspecified atom stereocenters. The average molecular weight is 340 g/mol. The summed E-state index contributed by atoms with van der Waals surface area (Å²) in [5.41, 5.74) is 0.952. The lowest BCUT2D eigenvalue weighted by atomic mass is 10.1. The molecule has 0 fully saturated rings. The molecule has 1 N–H and O–H groups in total. The summed E-state index contributed by atoms with van der Waals surface area (Å²) >= 11 is 3.36. The van der Waals surface area contributed by atoms with E-state index in [-0.39, 0.29) is 17.7 Å². The Morgan fingerprint density at radius 2 is 1.90 bits per heavy atom. The van der Waals surface area contributed by atoms with Crippen LogP contribution in [0.25, 0.3) is 0 Å². The Morgan fingerprint density at radius 3 is 2.60 bits per heavy atom. The maximum atomic E-state index is 13.6. The van der Waals surface area contributed by atoms with Gasteiger partial charge in [0.1, 0.15) is 11.6 Å². The highest BCUT2D eigenvalue weighted by Crippen LogP contribution is 2.17. The van der Waals surface area contributed by atoms with E-state index in [1.807, 2.05) is 24.3 Å². The van der Waals surface area contributed by atoms with Gasteiger partial charge in [-0.05, 0) is 30.2 Å². The highest BCUT2D eigenvalue weighted by Gasteiger charge is 2.14. The zero-order chi connectivity index (χ0) is 14.7. The van der Waals surface area contributed by atoms with Crippen molar-refractivity contribution in [3.63, 3.8) is 0 Å². The number of benzene rings is 2. The Balaban J connectivity index is 2.13. The molecule has 0 heterocycles. The number of rotatable bonds is 3. The summed E-state index contributed by atoms with van der Waals surface area (Å²) in [5, 5.41) is 2.61. The number of hydrogen-bond donors (Lipinski definition) is 1. The largest absolute Gasteiger partial charge is 0.348 e. The maximum Gasteiger partial charge on any atom is 0.254 e. The second-order valence-electron chi connectivity index (χ2n) is 4.36. The van der Waals surface area contributed by atoms with Gasteiger partial charge in [0.15, 0.2) is 0 Å². The van der Waals surface area contributed by atoms with Gasteiger partial charge in [0.2, 0.25) is 0 Å². The summed E-state index contributed by atoms with van der Waals surface area (Å²) in [5.74, 6) is -2.09. The highest BCUT2D eigenvalue weighted by atomic mass is 79.9. The van der Waals surface area contributed by atoms with Gasteiger partial charge in [0, 0.05) is 17.1 Å². The first-order valence-electron chi connectivity index (χ1n) is 5.96. The first kappa shape index (κ1) is 14.7. The summed E-state index contributed by atoms with van der Waals surface area (Å²) in [7, 11) is 0. The lowest BCUT2D eigenvalue weighted by molar-refractivity contribution is 0.0946. The van der Waals surface area contributed by atoms with Crippen molar-refractivity contribution < 1.29 is 13.6 Å². The quantitative estimate of drug-likeness (QED) is 0.900. The molecule has 0 aromatic heterocycles. The van der Waals surface area contributed by atoms with Gasteiger partial charge < -0.3 is 5.32 Å². The lowest BCUT2D eigenvalue weighted by Crippen LogP contribution is -2.24. The Hall–Kier alpha value is -1.75. The van der Waals surface area contributed by atoms with Crippen molar-refractivity contribution in [1.29, 1.82) is 0 Å². The molecule has 2 rings (SSSR count). The number of nitrogens with one attached hydrogen (secondary N) is 1. The van der Waals surface area contributed by atoms with Crippen LogP contribution in [-0.4, -0.2) is 5.91 Å². The third-order valence-electron chi connectivity index (χ3n) is 2.89. The van der Waals surface area contributed by atoms with Crippen molar-refractivity contribution in [1.82, 2.24) is 5.32 Å². The Bertz CT molecular complexity index is 658. The number of halogens is 3. The van der Waals surface area contributed by atoms with E-state index in [1.54, 1.807) is 0 Å². The monoisotopic (exact) mass is 339 g/mol. The molecule has 1 amide bonds. The van der Waals surface area contributed by atoms with Gasteiger partial charge >= 0.3 is 0 Å². The third-order valence-corrected chi connectivity index (χ3v) is 3.66. The number of carbonyl (C=O) groups is 1. The van der Waals surface area contributed by atoms with E-state index in [0.29, 0.717) is 0 Å². The molecule has 2 aromatic rings. The Morgan fingerprint density at radius 1 is 1.20 bits per heavy atom. The van der Waals surface area contributed by atoms with Crippen LogP contribution in [0, 0.1) is 18.6 Å². The molecular weight excluding hydrogens is 328 g/mol. The molecule has 20 heavy (non-hydrogen) atoms. The van der Waals surface area contributed by atoms with Crippen LogP contribution in [0.4, 0.5) is 8.78 Å². The zero-order valence-corrected chi connectivity index (χ0v) is 12.3. The topological polar surface area (TPSA) is 29.1 Å². The molecule has 0 aliphatic rings. The van der Waals surface area contributed by atoms with E-state index < -0.39 is 17.5 Å². The van der Waals surface area contributed by atoms with Crippen LogP contribution in [0.2, 0.25) is 0 Å². The third kappa shape index (κ3) is 3.22. The van der Waals surface area contributed by atoms with E-state index in [0.717, 1.165) is 16.1 Å². The summed E-state index contributed by atoms with van der Waals surface area (Å²) in [4.78, 5) is 11.9. The van der Waals surface area contributed by atoms with Gasteiger partial charge in [-0.1, -0.05) is 34.1 Å². The van der Waals surface area contributed by atoms with Gasteiger partial charge in [0.25, 0.3) is 5.91 Å². The van der Waals surface area contributed by atoms with Crippen LogP contribution in [0.3, 0.4) is 0 Å². The van der Waals surface area contributed by atoms with Crippen molar-refractivity contribution >= 4 is 21.8 Å². The first-order valence-corrected chi connectivity index (χ1v) is 6.75. The normalized spacial score (nSPS) is 10.4. The minimum atomic E-state index is -0.863. The minimum absolute atomic E-state index is 0.157. The molecule has 0 spiro atoms. The van der Waals surface area contributed by atoms with Gasteiger partial charge in [-0.3, -0.25) is 4.79 Å². The Labute approximate surface area is 123 Å². The van der Waals surface area contributed by atoms with Gasteiger partial charge in [-0.15, -0.1) is 0 Å². The van der Waals surface area contributed by atoms with E-state index >= 15 is 0 Å². The van der Waals surface area contributed by atoms with Crippen LogP contribution in [0.15, 0.2) is 40.9 Å². The summed E-state index contributed by atoms with van der Waals surface area (Å²) in [6.07, 6.45) is 0. The number of hydrogen-bond acceptors (Lipinski definition) is 1. The van der Waals surface area contributed by atoms with Crippen molar-refractivity contribution in [3.05, 3.63) is 69.2 Å². The fraction of sp³-hybridized carbons (Fsp3) is 0.133. The number of amides is 1. The van der Waals surface area contributed by atoms with Crippen LogP contribution >= 0.6 is 15.9 Å². The molecule has 0 bridgehead atoms. The van der Waals surface area contributed by atoms with E-state index in [4.69, 9.17) is 0 Å². The highest BCUT2D eigenvalue weighted by molar-refractivity contribution is 9.10. The van der Waals surface area contributed by atoms with Crippen LogP contribution in [-0.2, 0) is 6.54 Å². The number of carbonyl (C=O) groups excluding carboxylic acids is 1. The molecule has 0 atom stereocenters. The molecule has 2 aromatic carbocycles. The molecule has 0 saturated heterocycles. The summed E-state index contributed by atoms with van der Waals surface area (Å²) in [6, 6.07) is 9.33. The smallest absolute Gasteiger partial charge is 0.254 e. The average Bonchev–Trinajstić information content (AvgIpc) is 2.41. The molecule has 0 aliphatic heterocycles. The summed E-state index contributed by atoms with van der Waals surface area (Å²) < 4.78 is 27.6. The van der Waals surface area contributed by atoms with E-state index in [2.05, 4.69) is 21.2 Å². The molecule has 2 nitrogen and oxygen atoms in total. The fourth-order valence-corrected chi connectivity index (χ4v) is 2.17. The summed E-state index contributed by atoms with van der Waals surface area (Å²) in [6.45, 7) is 1.75. The maximum absolute atomic E-state index is 13.6. The van der Waals surface area contributed by atoms with E-state index in [1.165, 1.54) is 13.0 Å². The minimum Gasteiger partial charge on any atom is -0.348 e. The van der Waals surface area contributed by atoms with Gasteiger partial charge in [-0.25, -0.2) is 8.78 Å². The molecule has 0 aliphatic carbocycles.